The van der Waals surface area contributed by atoms with Crippen molar-refractivity contribution in [1.29, 1.82) is 0 Å². The van der Waals surface area contributed by atoms with E-state index in [-0.39, 0.29) is 10.9 Å². The molecule has 1 aliphatic carbocycles. The fourth-order valence-corrected chi connectivity index (χ4v) is 3.95. The number of benzene rings is 1. The molecule has 1 aliphatic rings. The van der Waals surface area contributed by atoms with Crippen molar-refractivity contribution in [2.45, 2.75) is 43.7 Å². The van der Waals surface area contributed by atoms with Crippen molar-refractivity contribution in [3.63, 3.8) is 0 Å². The summed E-state index contributed by atoms with van der Waals surface area (Å²) in [6.07, 6.45) is 3.12. The predicted molar refractivity (Wildman–Crippen MR) is 81.3 cm³/mol. The quantitative estimate of drug-likeness (QED) is 0.812. The van der Waals surface area contributed by atoms with E-state index in [0.29, 0.717) is 17.5 Å². The minimum Gasteiger partial charge on any atom is -0.316 e. The molecule has 0 heterocycles. The molecule has 2 rings (SSSR count). The Hall–Kier alpha value is -0.620. The fourth-order valence-electron chi connectivity index (χ4n) is 2.39. The summed E-state index contributed by atoms with van der Waals surface area (Å²) in [6, 6.07) is 4.93. The zero-order chi connectivity index (χ0) is 14.8. The zero-order valence-corrected chi connectivity index (χ0v) is 13.4. The minimum absolute atomic E-state index is 0.100. The van der Waals surface area contributed by atoms with Crippen LogP contribution in [-0.4, -0.2) is 21.5 Å². The number of halogens is 1. The van der Waals surface area contributed by atoms with Gasteiger partial charge < -0.3 is 5.32 Å². The molecular formula is C14H21ClN2O2S. The van der Waals surface area contributed by atoms with E-state index in [0.717, 1.165) is 24.8 Å². The number of hydrogen-bond donors (Lipinski definition) is 2. The molecule has 112 valence electrons. The summed E-state index contributed by atoms with van der Waals surface area (Å²) in [5, 5.41) is 3.56. The first-order chi connectivity index (χ1) is 9.47. The summed E-state index contributed by atoms with van der Waals surface area (Å²) < 4.78 is 27.4. The summed E-state index contributed by atoms with van der Waals surface area (Å²) in [5.41, 5.74) is 0.790. The van der Waals surface area contributed by atoms with Crippen LogP contribution in [0.15, 0.2) is 23.1 Å². The highest BCUT2D eigenvalue weighted by atomic mass is 35.5. The molecule has 1 aromatic carbocycles. The average molecular weight is 317 g/mol. The third-order valence-electron chi connectivity index (χ3n) is 3.58. The van der Waals surface area contributed by atoms with Gasteiger partial charge >= 0.3 is 0 Å². The fraction of sp³-hybridized carbons (Fsp3) is 0.571. The molecule has 20 heavy (non-hydrogen) atoms. The van der Waals surface area contributed by atoms with Crippen LogP contribution in [-0.2, 0) is 16.6 Å². The van der Waals surface area contributed by atoms with Gasteiger partial charge in [0.25, 0.3) is 0 Å². The molecule has 0 aromatic heterocycles. The van der Waals surface area contributed by atoms with Crippen molar-refractivity contribution in [3.05, 3.63) is 28.8 Å². The number of hydrogen-bond acceptors (Lipinski definition) is 3. The smallest absolute Gasteiger partial charge is 0.240 e. The Labute approximate surface area is 126 Å². The molecule has 1 fully saturated rings. The summed E-state index contributed by atoms with van der Waals surface area (Å²) in [4.78, 5) is 0.286. The monoisotopic (exact) mass is 316 g/mol. The first-order valence-electron chi connectivity index (χ1n) is 6.93. The normalized spacial score (nSPS) is 21.9. The Kier molecular flexibility index (Phi) is 5.07. The van der Waals surface area contributed by atoms with Crippen LogP contribution in [0.3, 0.4) is 0 Å². The van der Waals surface area contributed by atoms with Gasteiger partial charge in [0.1, 0.15) is 0 Å². The highest BCUT2D eigenvalue weighted by molar-refractivity contribution is 7.89. The van der Waals surface area contributed by atoms with Gasteiger partial charge in [-0.3, -0.25) is 0 Å². The number of nitrogens with one attached hydrogen (secondary N) is 2. The second-order valence-corrected chi connectivity index (χ2v) is 7.42. The first-order valence-corrected chi connectivity index (χ1v) is 8.79. The van der Waals surface area contributed by atoms with Crippen molar-refractivity contribution in [2.75, 3.05) is 7.05 Å². The van der Waals surface area contributed by atoms with Crippen LogP contribution in [0.2, 0.25) is 5.02 Å². The van der Waals surface area contributed by atoms with Gasteiger partial charge in [-0.25, -0.2) is 13.1 Å². The SMILES string of the molecule is CCCC1CC1NS(=O)(=O)c1ccc(Cl)c(CNC)c1. The van der Waals surface area contributed by atoms with Gasteiger partial charge in [0, 0.05) is 17.6 Å². The van der Waals surface area contributed by atoms with E-state index in [4.69, 9.17) is 11.6 Å². The largest absolute Gasteiger partial charge is 0.316 e. The Morgan fingerprint density at radius 3 is 2.80 bits per heavy atom. The van der Waals surface area contributed by atoms with E-state index < -0.39 is 10.0 Å². The van der Waals surface area contributed by atoms with Gasteiger partial charge in [-0.15, -0.1) is 0 Å². The zero-order valence-electron chi connectivity index (χ0n) is 11.8. The molecule has 4 nitrogen and oxygen atoms in total. The van der Waals surface area contributed by atoms with Crippen LogP contribution in [0.4, 0.5) is 0 Å². The number of sulfonamides is 1. The van der Waals surface area contributed by atoms with Crippen molar-refractivity contribution < 1.29 is 8.42 Å². The maximum absolute atomic E-state index is 12.3. The molecule has 0 radical (unpaired) electrons. The minimum atomic E-state index is -3.44. The molecule has 1 aromatic rings. The molecule has 0 aliphatic heterocycles. The standard InChI is InChI=1S/C14H21ClN2O2S/c1-3-4-10-8-14(10)17-20(18,19)12-5-6-13(15)11(7-12)9-16-2/h5-7,10,14,16-17H,3-4,8-9H2,1-2H3. The lowest BCUT2D eigenvalue weighted by molar-refractivity contribution is 0.573. The van der Waals surface area contributed by atoms with Gasteiger partial charge in [-0.1, -0.05) is 24.9 Å². The molecule has 0 amide bonds. The Morgan fingerprint density at radius 1 is 1.40 bits per heavy atom. The summed E-state index contributed by atoms with van der Waals surface area (Å²) >= 11 is 6.05. The van der Waals surface area contributed by atoms with Gasteiger partial charge in [0.2, 0.25) is 10.0 Å². The Bertz CT molecular complexity index is 575. The lowest BCUT2D eigenvalue weighted by atomic mass is 10.2. The molecule has 6 heteroatoms. The molecular weight excluding hydrogens is 296 g/mol. The van der Waals surface area contributed by atoms with E-state index in [9.17, 15) is 8.42 Å². The predicted octanol–water partition coefficient (Wildman–Crippen LogP) is 2.53. The highest BCUT2D eigenvalue weighted by Crippen LogP contribution is 2.35. The number of rotatable bonds is 7. The molecule has 0 spiro atoms. The van der Waals surface area contributed by atoms with Crippen molar-refractivity contribution in [1.82, 2.24) is 10.0 Å². The van der Waals surface area contributed by atoms with E-state index in [1.807, 2.05) is 0 Å². The van der Waals surface area contributed by atoms with Crippen molar-refractivity contribution in [2.24, 2.45) is 5.92 Å². The third-order valence-corrected chi connectivity index (χ3v) is 5.44. The van der Waals surface area contributed by atoms with Crippen molar-refractivity contribution >= 4 is 21.6 Å². The molecule has 2 N–H and O–H groups in total. The van der Waals surface area contributed by atoms with E-state index in [1.165, 1.54) is 0 Å². The summed E-state index contributed by atoms with van der Waals surface area (Å²) in [6.45, 7) is 2.66. The molecule has 2 atom stereocenters. The third kappa shape index (κ3) is 3.73. The first kappa shape index (κ1) is 15.8. The molecule has 0 saturated heterocycles. The second kappa shape index (κ2) is 6.43. The lowest BCUT2D eigenvalue weighted by Crippen LogP contribution is -2.27. The van der Waals surface area contributed by atoms with Crippen LogP contribution in [0.1, 0.15) is 31.7 Å². The highest BCUT2D eigenvalue weighted by Gasteiger charge is 2.39. The van der Waals surface area contributed by atoms with E-state index >= 15 is 0 Å². The van der Waals surface area contributed by atoms with Gasteiger partial charge in [0.15, 0.2) is 0 Å². The second-order valence-electron chi connectivity index (χ2n) is 5.30. The van der Waals surface area contributed by atoms with Crippen LogP contribution >= 0.6 is 11.6 Å². The summed E-state index contributed by atoms with van der Waals surface area (Å²) in [7, 11) is -1.64. The summed E-state index contributed by atoms with van der Waals surface area (Å²) in [5.74, 6) is 0.499. The van der Waals surface area contributed by atoms with Crippen molar-refractivity contribution in [3.8, 4) is 0 Å². The van der Waals surface area contributed by atoms with Gasteiger partial charge in [0.05, 0.1) is 4.90 Å². The Balaban J connectivity index is 2.12. The van der Waals surface area contributed by atoms with E-state index in [2.05, 4.69) is 17.0 Å². The molecule has 2 unspecified atom stereocenters. The van der Waals surface area contributed by atoms with Crippen LogP contribution in [0, 0.1) is 5.92 Å². The lowest BCUT2D eigenvalue weighted by Gasteiger charge is -2.09. The average Bonchev–Trinajstić information content (AvgIpc) is 3.09. The molecule has 1 saturated carbocycles. The van der Waals surface area contributed by atoms with Crippen LogP contribution in [0.5, 0.6) is 0 Å². The molecule has 0 bridgehead atoms. The van der Waals surface area contributed by atoms with Gasteiger partial charge in [-0.2, -0.15) is 0 Å². The Morgan fingerprint density at radius 2 is 2.15 bits per heavy atom. The van der Waals surface area contributed by atoms with E-state index in [1.54, 1.807) is 25.2 Å². The maximum atomic E-state index is 12.3. The maximum Gasteiger partial charge on any atom is 0.240 e. The topological polar surface area (TPSA) is 58.2 Å². The van der Waals surface area contributed by atoms with Gasteiger partial charge in [-0.05, 0) is 49.6 Å². The van der Waals surface area contributed by atoms with Crippen LogP contribution < -0.4 is 10.0 Å². The van der Waals surface area contributed by atoms with Crippen LogP contribution in [0.25, 0.3) is 0 Å².